The topological polar surface area (TPSA) is 69.9 Å². The van der Waals surface area contributed by atoms with Crippen molar-refractivity contribution in [3.8, 4) is 5.75 Å². The Bertz CT molecular complexity index is 636. The summed E-state index contributed by atoms with van der Waals surface area (Å²) in [4.78, 5) is 0. The lowest BCUT2D eigenvalue weighted by Crippen LogP contribution is -2.42. The van der Waals surface area contributed by atoms with Crippen molar-refractivity contribution in [2.75, 3.05) is 19.8 Å². The average molecular weight is 357 g/mol. The molecule has 2 rings (SSSR count). The van der Waals surface area contributed by atoms with Gasteiger partial charge in [0.05, 0.1) is 25.2 Å². The lowest BCUT2D eigenvalue weighted by Gasteiger charge is -2.36. The molecular formula is C17H18Cl2O4. The van der Waals surface area contributed by atoms with Crippen molar-refractivity contribution in [2.24, 2.45) is 5.41 Å². The van der Waals surface area contributed by atoms with Crippen LogP contribution < -0.4 is 4.74 Å². The molecule has 2 aromatic carbocycles. The number of aliphatic hydroxyl groups excluding tert-OH is 3. The van der Waals surface area contributed by atoms with E-state index in [1.165, 1.54) is 0 Å². The summed E-state index contributed by atoms with van der Waals surface area (Å²) in [6.45, 7) is -1.38. The molecule has 6 heteroatoms. The Morgan fingerprint density at radius 2 is 1.43 bits per heavy atom. The average Bonchev–Trinajstić information content (AvgIpc) is 2.56. The number of hydrogen-bond acceptors (Lipinski definition) is 4. The van der Waals surface area contributed by atoms with Gasteiger partial charge in [-0.25, -0.2) is 0 Å². The first-order chi connectivity index (χ1) is 11.0. The predicted molar refractivity (Wildman–Crippen MR) is 90.0 cm³/mol. The van der Waals surface area contributed by atoms with E-state index in [0.29, 0.717) is 21.4 Å². The van der Waals surface area contributed by atoms with Gasteiger partial charge in [0.2, 0.25) is 0 Å². The van der Waals surface area contributed by atoms with Crippen molar-refractivity contribution in [2.45, 2.75) is 6.10 Å². The second kappa shape index (κ2) is 7.99. The fourth-order valence-corrected chi connectivity index (χ4v) is 2.67. The molecule has 0 radical (unpaired) electrons. The molecule has 0 aliphatic rings. The van der Waals surface area contributed by atoms with Gasteiger partial charge in [-0.05, 0) is 35.9 Å². The van der Waals surface area contributed by atoms with Crippen LogP contribution in [0.25, 0.3) is 0 Å². The van der Waals surface area contributed by atoms with Crippen LogP contribution in [0.5, 0.6) is 5.75 Å². The highest BCUT2D eigenvalue weighted by Gasteiger charge is 2.41. The van der Waals surface area contributed by atoms with E-state index in [-0.39, 0.29) is 0 Å². The fraction of sp³-hybridized carbons (Fsp3) is 0.294. The molecule has 0 saturated heterocycles. The van der Waals surface area contributed by atoms with Gasteiger partial charge in [-0.15, -0.1) is 0 Å². The van der Waals surface area contributed by atoms with Gasteiger partial charge in [-0.1, -0.05) is 41.4 Å². The minimum Gasteiger partial charge on any atom is -0.485 e. The second-order valence-electron chi connectivity index (χ2n) is 5.35. The van der Waals surface area contributed by atoms with Crippen LogP contribution in [0.1, 0.15) is 11.7 Å². The molecule has 1 atom stereocenters. The Balaban J connectivity index is 2.46. The number of ether oxygens (including phenoxy) is 1. The maximum Gasteiger partial charge on any atom is 0.136 e. The first-order valence-corrected chi connectivity index (χ1v) is 7.80. The highest BCUT2D eigenvalue weighted by atomic mass is 35.5. The van der Waals surface area contributed by atoms with Crippen LogP contribution in [-0.4, -0.2) is 35.1 Å². The van der Waals surface area contributed by atoms with Gasteiger partial charge in [0.1, 0.15) is 11.9 Å². The zero-order valence-electron chi connectivity index (χ0n) is 12.3. The molecule has 124 valence electrons. The van der Waals surface area contributed by atoms with Crippen molar-refractivity contribution >= 4 is 23.2 Å². The molecule has 0 aromatic heterocycles. The Hall–Kier alpha value is -1.30. The van der Waals surface area contributed by atoms with E-state index in [2.05, 4.69) is 0 Å². The Morgan fingerprint density at radius 3 is 1.96 bits per heavy atom. The molecule has 2 aromatic rings. The van der Waals surface area contributed by atoms with Crippen LogP contribution in [0, 0.1) is 5.41 Å². The normalized spacial score (nSPS) is 12.9. The van der Waals surface area contributed by atoms with E-state index < -0.39 is 31.3 Å². The molecule has 0 aliphatic carbocycles. The summed E-state index contributed by atoms with van der Waals surface area (Å²) in [7, 11) is 0. The third kappa shape index (κ3) is 4.16. The Morgan fingerprint density at radius 1 is 0.870 bits per heavy atom. The van der Waals surface area contributed by atoms with Crippen LogP contribution in [0.2, 0.25) is 10.0 Å². The molecule has 4 nitrogen and oxygen atoms in total. The number of hydrogen-bond donors (Lipinski definition) is 3. The SMILES string of the molecule is OCC(CO)(CO)C(Oc1cccc(Cl)c1)c1cccc(Cl)c1. The van der Waals surface area contributed by atoms with Crippen LogP contribution in [0.4, 0.5) is 0 Å². The quantitative estimate of drug-likeness (QED) is 0.712. The van der Waals surface area contributed by atoms with Crippen LogP contribution in [-0.2, 0) is 0 Å². The molecule has 1 unspecified atom stereocenters. The summed E-state index contributed by atoms with van der Waals surface area (Å²) in [5, 5.41) is 30.2. The van der Waals surface area contributed by atoms with E-state index >= 15 is 0 Å². The van der Waals surface area contributed by atoms with Gasteiger partial charge in [-0.2, -0.15) is 0 Å². The first-order valence-electron chi connectivity index (χ1n) is 7.05. The second-order valence-corrected chi connectivity index (χ2v) is 6.22. The van der Waals surface area contributed by atoms with Gasteiger partial charge in [0, 0.05) is 10.0 Å². The summed E-state index contributed by atoms with van der Waals surface area (Å²) < 4.78 is 5.95. The molecule has 0 aliphatic heterocycles. The molecule has 3 N–H and O–H groups in total. The van der Waals surface area contributed by atoms with Crippen molar-refractivity contribution in [3.63, 3.8) is 0 Å². The molecule has 0 bridgehead atoms. The third-order valence-electron chi connectivity index (χ3n) is 3.70. The number of benzene rings is 2. The fourth-order valence-electron chi connectivity index (χ4n) is 2.29. The number of rotatable bonds is 7. The third-order valence-corrected chi connectivity index (χ3v) is 4.17. The van der Waals surface area contributed by atoms with E-state index in [0.717, 1.165) is 0 Å². The lowest BCUT2D eigenvalue weighted by molar-refractivity contribution is -0.0742. The maximum atomic E-state index is 9.75. The standard InChI is InChI=1S/C17H18Cl2O4/c18-13-4-1-3-12(7-13)16(17(9-20,10-21)11-22)23-15-6-2-5-14(19)8-15/h1-8,16,20-22H,9-11H2. The molecular weight excluding hydrogens is 339 g/mol. The minimum atomic E-state index is -1.27. The molecule has 0 fully saturated rings. The van der Waals surface area contributed by atoms with Crippen LogP contribution in [0.3, 0.4) is 0 Å². The molecule has 0 saturated carbocycles. The predicted octanol–water partition coefficient (Wildman–Crippen LogP) is 3.08. The highest BCUT2D eigenvalue weighted by Crippen LogP contribution is 2.38. The number of aliphatic hydroxyl groups is 3. The van der Waals surface area contributed by atoms with Gasteiger partial charge in [0.15, 0.2) is 0 Å². The zero-order valence-corrected chi connectivity index (χ0v) is 13.8. The molecule has 0 amide bonds. The summed E-state index contributed by atoms with van der Waals surface area (Å²) in [5.41, 5.74) is -0.637. The van der Waals surface area contributed by atoms with E-state index in [9.17, 15) is 15.3 Å². The lowest BCUT2D eigenvalue weighted by atomic mass is 9.80. The highest BCUT2D eigenvalue weighted by molar-refractivity contribution is 6.30. The molecule has 0 spiro atoms. The maximum absolute atomic E-state index is 9.75. The van der Waals surface area contributed by atoms with E-state index in [4.69, 9.17) is 27.9 Å². The van der Waals surface area contributed by atoms with E-state index in [1.807, 2.05) is 0 Å². The van der Waals surface area contributed by atoms with E-state index in [1.54, 1.807) is 48.5 Å². The van der Waals surface area contributed by atoms with Gasteiger partial charge >= 0.3 is 0 Å². The van der Waals surface area contributed by atoms with Gasteiger partial charge in [-0.3, -0.25) is 0 Å². The summed E-state index contributed by atoms with van der Waals surface area (Å²) in [6.07, 6.45) is -0.806. The molecule has 23 heavy (non-hydrogen) atoms. The van der Waals surface area contributed by atoms with Crippen molar-refractivity contribution in [3.05, 3.63) is 64.1 Å². The largest absolute Gasteiger partial charge is 0.485 e. The van der Waals surface area contributed by atoms with Crippen molar-refractivity contribution in [1.29, 1.82) is 0 Å². The van der Waals surface area contributed by atoms with Crippen LogP contribution in [0.15, 0.2) is 48.5 Å². The minimum absolute atomic E-state index is 0.460. The van der Waals surface area contributed by atoms with Crippen molar-refractivity contribution in [1.82, 2.24) is 0 Å². The van der Waals surface area contributed by atoms with Gasteiger partial charge in [0.25, 0.3) is 0 Å². The summed E-state index contributed by atoms with van der Waals surface area (Å²) in [6, 6.07) is 13.6. The van der Waals surface area contributed by atoms with Gasteiger partial charge < -0.3 is 20.1 Å². The molecule has 0 heterocycles. The zero-order chi connectivity index (χ0) is 16.9. The van der Waals surface area contributed by atoms with Crippen LogP contribution >= 0.6 is 23.2 Å². The summed E-state index contributed by atoms with van der Waals surface area (Å²) in [5.74, 6) is 0.460. The van der Waals surface area contributed by atoms with Crippen molar-refractivity contribution < 1.29 is 20.1 Å². The Kier molecular flexibility index (Phi) is 6.27. The monoisotopic (exact) mass is 356 g/mol. The first kappa shape index (κ1) is 18.0. The number of halogens is 2. The summed E-state index contributed by atoms with van der Waals surface area (Å²) >= 11 is 12.0. The Labute approximate surface area is 144 Å². The smallest absolute Gasteiger partial charge is 0.136 e.